The van der Waals surface area contributed by atoms with E-state index < -0.39 is 0 Å². The smallest absolute Gasteiger partial charge is 0.113 e. The second-order valence-corrected chi connectivity index (χ2v) is 6.17. The first-order chi connectivity index (χ1) is 11.8. The van der Waals surface area contributed by atoms with Crippen LogP contribution in [0.2, 0.25) is 0 Å². The lowest BCUT2D eigenvalue weighted by atomic mass is 10.1. The summed E-state index contributed by atoms with van der Waals surface area (Å²) in [6, 6.07) is 18.0. The van der Waals surface area contributed by atoms with E-state index in [0.717, 1.165) is 32.6 Å². The number of halogens is 1. The zero-order valence-corrected chi connectivity index (χ0v) is 14.5. The maximum atomic E-state index is 8.64. The van der Waals surface area contributed by atoms with Gasteiger partial charge in [-0.3, -0.25) is 0 Å². The topological polar surface area (TPSA) is 76.9 Å². The van der Waals surface area contributed by atoms with Gasteiger partial charge in [0.05, 0.1) is 35.7 Å². The number of para-hydroxylation sites is 2. The zero-order chi connectivity index (χ0) is 16.8. The lowest BCUT2D eigenvalue weighted by molar-refractivity contribution is 0.744. The van der Waals surface area contributed by atoms with Crippen molar-refractivity contribution < 1.29 is 0 Å². The van der Waals surface area contributed by atoms with E-state index in [-0.39, 0.29) is 0 Å². The van der Waals surface area contributed by atoms with Crippen molar-refractivity contribution in [3.8, 4) is 6.07 Å². The summed E-state index contributed by atoms with van der Waals surface area (Å²) in [5, 5.41) is 13.1. The van der Waals surface area contributed by atoms with Gasteiger partial charge in [-0.2, -0.15) is 10.4 Å². The van der Waals surface area contributed by atoms with Crippen molar-refractivity contribution in [2.45, 2.75) is 12.8 Å². The molecule has 0 amide bonds. The van der Waals surface area contributed by atoms with Crippen LogP contribution >= 0.6 is 15.9 Å². The van der Waals surface area contributed by atoms with Gasteiger partial charge in [0.2, 0.25) is 0 Å². The first-order valence-electron chi connectivity index (χ1n) is 7.62. The van der Waals surface area contributed by atoms with Crippen molar-refractivity contribution in [3.05, 3.63) is 64.4 Å². The Morgan fingerprint density at radius 2 is 2.00 bits per heavy atom. The van der Waals surface area contributed by atoms with Gasteiger partial charge in [0.1, 0.15) is 5.82 Å². The number of nitriles is 1. The van der Waals surface area contributed by atoms with Crippen LogP contribution in [0.1, 0.15) is 17.8 Å². The number of rotatable bonds is 6. The van der Waals surface area contributed by atoms with Crippen molar-refractivity contribution in [1.82, 2.24) is 15.4 Å². The Bertz CT molecular complexity index is 857. The molecular formula is C18H16BrN5. The molecule has 1 aromatic heterocycles. The monoisotopic (exact) mass is 381 g/mol. The summed E-state index contributed by atoms with van der Waals surface area (Å²) >= 11 is 3.45. The molecule has 3 rings (SSSR count). The van der Waals surface area contributed by atoms with E-state index in [2.05, 4.69) is 42.5 Å². The molecule has 0 aliphatic rings. The van der Waals surface area contributed by atoms with Crippen molar-refractivity contribution >= 4 is 32.7 Å². The second kappa shape index (κ2) is 7.75. The van der Waals surface area contributed by atoms with Crippen molar-refractivity contribution in [3.63, 3.8) is 0 Å². The number of nitrogens with one attached hydrogen (secondary N) is 2. The van der Waals surface area contributed by atoms with Gasteiger partial charge in [-0.05, 0) is 29.8 Å². The van der Waals surface area contributed by atoms with Gasteiger partial charge in [-0.25, -0.2) is 4.98 Å². The molecule has 0 aliphatic carbocycles. The highest BCUT2D eigenvalue weighted by atomic mass is 79.9. The zero-order valence-electron chi connectivity index (χ0n) is 13.0. The average Bonchev–Trinajstić information content (AvgIpc) is 3.01. The molecule has 6 heteroatoms. The van der Waals surface area contributed by atoms with Crippen LogP contribution in [0.3, 0.4) is 0 Å². The van der Waals surface area contributed by atoms with Crippen LogP contribution in [0.25, 0.3) is 11.0 Å². The van der Waals surface area contributed by atoms with Gasteiger partial charge >= 0.3 is 0 Å². The predicted molar refractivity (Wildman–Crippen MR) is 98.7 cm³/mol. The Kier molecular flexibility index (Phi) is 5.24. The summed E-state index contributed by atoms with van der Waals surface area (Å²) < 4.78 is 1.02. The van der Waals surface area contributed by atoms with Gasteiger partial charge < -0.3 is 10.4 Å². The lowest BCUT2D eigenvalue weighted by Crippen LogP contribution is -2.15. The van der Waals surface area contributed by atoms with E-state index in [0.29, 0.717) is 19.4 Å². The fraction of sp³-hybridized carbons (Fsp3) is 0.167. The normalized spacial score (nSPS) is 11.4. The number of hydrazone groups is 1. The Morgan fingerprint density at radius 3 is 2.75 bits per heavy atom. The number of fused-ring (bicyclic) bond motifs is 1. The summed E-state index contributed by atoms with van der Waals surface area (Å²) in [6.45, 7) is 0.524. The fourth-order valence-electron chi connectivity index (χ4n) is 2.36. The maximum Gasteiger partial charge on any atom is 0.113 e. The van der Waals surface area contributed by atoms with Gasteiger partial charge in [0.25, 0.3) is 0 Å². The number of aromatic amines is 1. The average molecular weight is 382 g/mol. The first kappa shape index (κ1) is 16.2. The predicted octanol–water partition coefficient (Wildman–Crippen LogP) is 3.78. The third-order valence-corrected chi connectivity index (χ3v) is 4.04. The molecule has 5 nitrogen and oxygen atoms in total. The molecule has 0 spiro atoms. The molecule has 24 heavy (non-hydrogen) atoms. The Hall–Kier alpha value is -2.65. The third-order valence-electron chi connectivity index (χ3n) is 3.51. The summed E-state index contributed by atoms with van der Waals surface area (Å²) in [4.78, 5) is 7.94. The van der Waals surface area contributed by atoms with E-state index in [1.165, 1.54) is 0 Å². The number of imidazole rings is 1. The molecule has 0 fully saturated rings. The SMILES string of the molecule is N#CCCN/N=C(/Cc1nc2ccccc2[nH]1)c1ccc(Br)cc1. The molecule has 2 N–H and O–H groups in total. The number of hydrogen-bond acceptors (Lipinski definition) is 4. The number of benzene rings is 2. The summed E-state index contributed by atoms with van der Waals surface area (Å²) in [5.41, 5.74) is 6.82. The quantitative estimate of drug-likeness (QED) is 0.387. The number of hydrogen-bond donors (Lipinski definition) is 2. The molecule has 120 valence electrons. The standard InChI is InChI=1S/C18H16BrN5/c19-14-8-6-13(7-9-14)17(24-21-11-3-10-20)12-18-22-15-4-1-2-5-16(15)23-18/h1-2,4-9,21H,3,11-12H2,(H,22,23)/b24-17-. The van der Waals surface area contributed by atoms with Crippen LogP contribution in [-0.2, 0) is 6.42 Å². The van der Waals surface area contributed by atoms with Crippen molar-refractivity contribution in [2.75, 3.05) is 6.54 Å². The highest BCUT2D eigenvalue weighted by Crippen LogP contribution is 2.15. The molecule has 2 aromatic carbocycles. The third kappa shape index (κ3) is 4.00. The van der Waals surface area contributed by atoms with Crippen LogP contribution in [-0.4, -0.2) is 22.2 Å². The van der Waals surface area contributed by atoms with Crippen LogP contribution in [0, 0.1) is 11.3 Å². The highest BCUT2D eigenvalue weighted by molar-refractivity contribution is 9.10. The van der Waals surface area contributed by atoms with Gasteiger partial charge in [-0.15, -0.1) is 0 Å². The summed E-state index contributed by atoms with van der Waals surface area (Å²) in [6.07, 6.45) is 0.998. The van der Waals surface area contributed by atoms with Crippen LogP contribution in [0.4, 0.5) is 0 Å². The van der Waals surface area contributed by atoms with Crippen LogP contribution in [0.5, 0.6) is 0 Å². The molecule has 3 aromatic rings. The van der Waals surface area contributed by atoms with Crippen molar-refractivity contribution in [2.24, 2.45) is 5.10 Å². The van der Waals surface area contributed by atoms with E-state index in [1.807, 2.05) is 48.5 Å². The maximum absolute atomic E-state index is 8.64. The Labute approximate surface area is 148 Å². The Balaban J connectivity index is 1.85. The number of H-pyrrole nitrogens is 1. The van der Waals surface area contributed by atoms with Gasteiger partial charge in [0.15, 0.2) is 0 Å². The number of nitrogens with zero attached hydrogens (tertiary/aromatic N) is 3. The Morgan fingerprint density at radius 1 is 1.21 bits per heavy atom. The molecule has 0 bridgehead atoms. The lowest BCUT2D eigenvalue weighted by Gasteiger charge is -2.06. The first-order valence-corrected chi connectivity index (χ1v) is 8.41. The molecule has 0 radical (unpaired) electrons. The number of aromatic nitrogens is 2. The highest BCUT2D eigenvalue weighted by Gasteiger charge is 2.09. The molecule has 0 unspecified atom stereocenters. The minimum atomic E-state index is 0.418. The second-order valence-electron chi connectivity index (χ2n) is 5.26. The molecule has 0 atom stereocenters. The summed E-state index contributed by atoms with van der Waals surface area (Å²) in [7, 11) is 0. The van der Waals surface area contributed by atoms with Crippen LogP contribution < -0.4 is 5.43 Å². The van der Waals surface area contributed by atoms with Crippen LogP contribution in [0.15, 0.2) is 58.1 Å². The van der Waals surface area contributed by atoms with E-state index in [9.17, 15) is 0 Å². The fourth-order valence-corrected chi connectivity index (χ4v) is 2.62. The van der Waals surface area contributed by atoms with Gasteiger partial charge in [0, 0.05) is 11.0 Å². The molecular weight excluding hydrogens is 366 g/mol. The van der Waals surface area contributed by atoms with E-state index >= 15 is 0 Å². The molecule has 0 aliphatic heterocycles. The largest absolute Gasteiger partial charge is 0.342 e. The van der Waals surface area contributed by atoms with Gasteiger partial charge in [-0.1, -0.05) is 40.2 Å². The molecule has 0 saturated carbocycles. The minimum Gasteiger partial charge on any atom is -0.342 e. The summed E-state index contributed by atoms with van der Waals surface area (Å²) in [5.74, 6) is 0.861. The molecule has 1 heterocycles. The minimum absolute atomic E-state index is 0.418. The molecule has 0 saturated heterocycles. The van der Waals surface area contributed by atoms with E-state index in [1.54, 1.807) is 0 Å². The van der Waals surface area contributed by atoms with E-state index in [4.69, 9.17) is 5.26 Å². The van der Waals surface area contributed by atoms with Crippen molar-refractivity contribution in [1.29, 1.82) is 5.26 Å².